The molecule has 1 aliphatic rings. The number of hydrogen-bond donors (Lipinski definition) is 0. The molecule has 1 aromatic rings. The molecule has 1 atom stereocenters. The van der Waals surface area contributed by atoms with Crippen molar-refractivity contribution in [3.05, 3.63) is 34.1 Å². The normalized spacial score (nSPS) is 20.0. The molecule has 0 aliphatic carbocycles. The van der Waals surface area contributed by atoms with Crippen molar-refractivity contribution in [1.82, 2.24) is 4.90 Å². The van der Waals surface area contributed by atoms with Crippen LogP contribution in [0, 0.1) is 11.7 Å². The maximum Gasteiger partial charge on any atom is 0.305 e. The second-order valence-electron chi connectivity index (χ2n) is 5.59. The second-order valence-corrected chi connectivity index (χ2v) is 6.44. The van der Waals surface area contributed by atoms with E-state index in [1.54, 1.807) is 12.1 Å². The van der Waals surface area contributed by atoms with E-state index < -0.39 is 0 Å². The highest BCUT2D eigenvalue weighted by molar-refractivity contribution is 9.10. The van der Waals surface area contributed by atoms with Gasteiger partial charge in [0, 0.05) is 17.4 Å². The number of likely N-dealkylation sites (tertiary alicyclic amines) is 1. The van der Waals surface area contributed by atoms with Crippen LogP contribution in [0.4, 0.5) is 4.39 Å². The number of methoxy groups -OCH3 is 1. The van der Waals surface area contributed by atoms with Crippen LogP contribution in [0.25, 0.3) is 0 Å². The predicted molar refractivity (Wildman–Crippen MR) is 83.4 cm³/mol. The highest BCUT2D eigenvalue weighted by Gasteiger charge is 2.20. The van der Waals surface area contributed by atoms with Gasteiger partial charge in [-0.05, 0) is 62.0 Å². The van der Waals surface area contributed by atoms with Crippen LogP contribution in [0.2, 0.25) is 0 Å². The summed E-state index contributed by atoms with van der Waals surface area (Å²) in [5.74, 6) is 0.0753. The Hall–Kier alpha value is -0.940. The van der Waals surface area contributed by atoms with E-state index in [-0.39, 0.29) is 11.8 Å². The Morgan fingerprint density at radius 1 is 1.43 bits per heavy atom. The molecule has 0 aromatic heterocycles. The third kappa shape index (κ3) is 5.08. The van der Waals surface area contributed by atoms with Crippen LogP contribution >= 0.6 is 15.9 Å². The van der Waals surface area contributed by atoms with Gasteiger partial charge in [-0.25, -0.2) is 4.39 Å². The molecule has 1 unspecified atom stereocenters. The molecule has 0 spiro atoms. The van der Waals surface area contributed by atoms with Crippen molar-refractivity contribution in [2.24, 2.45) is 5.92 Å². The Labute approximate surface area is 133 Å². The molecule has 1 saturated heterocycles. The lowest BCUT2D eigenvalue weighted by atomic mass is 9.97. The average Bonchev–Trinajstić information content (AvgIpc) is 2.68. The quantitative estimate of drug-likeness (QED) is 0.768. The number of hydrogen-bond acceptors (Lipinski definition) is 3. The Bertz CT molecular complexity index is 495. The Balaban J connectivity index is 1.91. The van der Waals surface area contributed by atoms with E-state index in [2.05, 4.69) is 20.8 Å². The first-order valence-corrected chi connectivity index (χ1v) is 8.11. The molecule has 116 valence electrons. The fourth-order valence-electron chi connectivity index (χ4n) is 2.81. The maximum atomic E-state index is 13.3. The van der Waals surface area contributed by atoms with Gasteiger partial charge in [-0.2, -0.15) is 0 Å². The third-order valence-electron chi connectivity index (χ3n) is 4.03. The minimum Gasteiger partial charge on any atom is -0.469 e. The van der Waals surface area contributed by atoms with Gasteiger partial charge >= 0.3 is 5.97 Å². The average molecular weight is 358 g/mol. The number of esters is 1. The first-order chi connectivity index (χ1) is 10.1. The van der Waals surface area contributed by atoms with Gasteiger partial charge in [0.25, 0.3) is 0 Å². The highest BCUT2D eigenvalue weighted by atomic mass is 79.9. The van der Waals surface area contributed by atoms with E-state index in [0.717, 1.165) is 48.9 Å². The molecule has 1 aromatic carbocycles. The van der Waals surface area contributed by atoms with Crippen LogP contribution in [0.15, 0.2) is 22.7 Å². The first kappa shape index (κ1) is 16.4. The number of halogens is 2. The summed E-state index contributed by atoms with van der Waals surface area (Å²) in [5.41, 5.74) is 0.974. The Kier molecular flexibility index (Phi) is 6.18. The van der Waals surface area contributed by atoms with E-state index in [4.69, 9.17) is 4.74 Å². The molecule has 0 bridgehead atoms. The minimum atomic E-state index is -0.202. The number of ether oxygens (including phenoxy) is 1. The van der Waals surface area contributed by atoms with Gasteiger partial charge in [-0.3, -0.25) is 9.69 Å². The van der Waals surface area contributed by atoms with Gasteiger partial charge in [-0.1, -0.05) is 15.9 Å². The summed E-state index contributed by atoms with van der Waals surface area (Å²) in [6, 6.07) is 4.80. The zero-order chi connectivity index (χ0) is 15.2. The summed E-state index contributed by atoms with van der Waals surface area (Å²) >= 11 is 3.48. The topological polar surface area (TPSA) is 29.5 Å². The van der Waals surface area contributed by atoms with E-state index >= 15 is 0 Å². The zero-order valence-corrected chi connectivity index (χ0v) is 13.9. The van der Waals surface area contributed by atoms with Gasteiger partial charge < -0.3 is 4.74 Å². The van der Waals surface area contributed by atoms with Gasteiger partial charge in [0.15, 0.2) is 0 Å². The van der Waals surface area contributed by atoms with E-state index in [9.17, 15) is 9.18 Å². The predicted octanol–water partition coefficient (Wildman–Crippen LogP) is 3.75. The fourth-order valence-corrected chi connectivity index (χ4v) is 3.18. The molecule has 1 aliphatic heterocycles. The molecule has 0 saturated carbocycles. The molecule has 3 nitrogen and oxygen atoms in total. The largest absolute Gasteiger partial charge is 0.469 e. The monoisotopic (exact) mass is 357 g/mol. The summed E-state index contributed by atoms with van der Waals surface area (Å²) in [7, 11) is 1.44. The summed E-state index contributed by atoms with van der Waals surface area (Å²) in [5, 5.41) is 0. The van der Waals surface area contributed by atoms with Crippen molar-refractivity contribution < 1.29 is 13.9 Å². The van der Waals surface area contributed by atoms with Crippen molar-refractivity contribution in [3.63, 3.8) is 0 Å². The van der Waals surface area contributed by atoms with Crippen LogP contribution in [0.3, 0.4) is 0 Å². The highest BCUT2D eigenvalue weighted by Crippen LogP contribution is 2.24. The molecular formula is C16H21BrFNO2. The van der Waals surface area contributed by atoms with E-state index in [1.807, 2.05) is 0 Å². The second kappa shape index (κ2) is 7.90. The van der Waals surface area contributed by atoms with Crippen molar-refractivity contribution in [1.29, 1.82) is 0 Å². The Morgan fingerprint density at radius 2 is 2.24 bits per heavy atom. The van der Waals surface area contributed by atoms with Crippen LogP contribution in [-0.4, -0.2) is 31.1 Å². The molecule has 0 N–H and O–H groups in total. The van der Waals surface area contributed by atoms with Crippen molar-refractivity contribution in [2.75, 3.05) is 20.2 Å². The maximum absolute atomic E-state index is 13.3. The SMILES string of the molecule is COC(=O)CC1CCCN(Cc2cc(F)ccc2Br)CC1. The number of rotatable bonds is 4. The van der Waals surface area contributed by atoms with Gasteiger partial charge in [-0.15, -0.1) is 0 Å². The van der Waals surface area contributed by atoms with Crippen molar-refractivity contribution >= 4 is 21.9 Å². The van der Waals surface area contributed by atoms with Crippen LogP contribution < -0.4 is 0 Å². The summed E-state index contributed by atoms with van der Waals surface area (Å²) < 4.78 is 19.0. The number of carbonyl (C=O) groups excluding carboxylic acids is 1. The van der Waals surface area contributed by atoms with Gasteiger partial charge in [0.05, 0.1) is 7.11 Å². The zero-order valence-electron chi connectivity index (χ0n) is 12.3. The van der Waals surface area contributed by atoms with Crippen molar-refractivity contribution in [2.45, 2.75) is 32.2 Å². The molecule has 1 fully saturated rings. The van der Waals surface area contributed by atoms with Crippen LogP contribution in [0.1, 0.15) is 31.2 Å². The van der Waals surface area contributed by atoms with E-state index in [0.29, 0.717) is 12.3 Å². The van der Waals surface area contributed by atoms with Gasteiger partial charge in [0.2, 0.25) is 0 Å². The molecule has 0 amide bonds. The number of nitrogens with zero attached hydrogens (tertiary/aromatic N) is 1. The summed E-state index contributed by atoms with van der Waals surface area (Å²) in [4.78, 5) is 13.7. The number of benzene rings is 1. The first-order valence-electron chi connectivity index (χ1n) is 7.31. The molecule has 2 rings (SSSR count). The summed E-state index contributed by atoms with van der Waals surface area (Å²) in [6.07, 6.45) is 3.61. The molecular weight excluding hydrogens is 337 g/mol. The lowest BCUT2D eigenvalue weighted by Crippen LogP contribution is -2.24. The molecule has 21 heavy (non-hydrogen) atoms. The van der Waals surface area contributed by atoms with E-state index in [1.165, 1.54) is 13.2 Å². The summed E-state index contributed by atoms with van der Waals surface area (Å²) in [6.45, 7) is 2.66. The smallest absolute Gasteiger partial charge is 0.305 e. The molecule has 0 radical (unpaired) electrons. The van der Waals surface area contributed by atoms with Crippen molar-refractivity contribution in [3.8, 4) is 0 Å². The Morgan fingerprint density at radius 3 is 3.00 bits per heavy atom. The van der Waals surface area contributed by atoms with Crippen LogP contribution in [0.5, 0.6) is 0 Å². The molecule has 1 heterocycles. The molecule has 5 heteroatoms. The third-order valence-corrected chi connectivity index (χ3v) is 4.80. The lowest BCUT2D eigenvalue weighted by Gasteiger charge is -2.21. The fraction of sp³-hybridized carbons (Fsp3) is 0.562. The lowest BCUT2D eigenvalue weighted by molar-refractivity contribution is -0.141. The number of carbonyl (C=O) groups is 1. The van der Waals surface area contributed by atoms with Crippen LogP contribution in [-0.2, 0) is 16.1 Å². The minimum absolute atomic E-state index is 0.124. The standard InChI is InChI=1S/C16H21BrFNO2/c1-21-16(20)9-12-3-2-7-19(8-6-12)11-13-10-14(18)4-5-15(13)17/h4-5,10,12H,2-3,6-9,11H2,1H3. The van der Waals surface area contributed by atoms with Gasteiger partial charge in [0.1, 0.15) is 5.82 Å².